The Morgan fingerprint density at radius 2 is 2.14 bits per heavy atom. The van der Waals surface area contributed by atoms with Gasteiger partial charge in [0.15, 0.2) is 0 Å². The van der Waals surface area contributed by atoms with Crippen LogP contribution >= 0.6 is 0 Å². The summed E-state index contributed by atoms with van der Waals surface area (Å²) in [6, 6.07) is 8.30. The van der Waals surface area contributed by atoms with Gasteiger partial charge in [0.1, 0.15) is 5.75 Å². The van der Waals surface area contributed by atoms with Crippen molar-refractivity contribution >= 4 is 20.6 Å². The van der Waals surface area contributed by atoms with Gasteiger partial charge in [0, 0.05) is 51.5 Å². The van der Waals surface area contributed by atoms with Gasteiger partial charge in [-0.05, 0) is 36.6 Å². The minimum absolute atomic E-state index is 0.349. The number of hydrogen-bond donors (Lipinski definition) is 2. The summed E-state index contributed by atoms with van der Waals surface area (Å²) in [5.41, 5.74) is 2.13. The van der Waals surface area contributed by atoms with Crippen LogP contribution in [0.1, 0.15) is 18.4 Å². The summed E-state index contributed by atoms with van der Waals surface area (Å²) >= 11 is 0. The summed E-state index contributed by atoms with van der Waals surface area (Å²) < 4.78 is 24.6. The zero-order valence-electron chi connectivity index (χ0n) is 12.7. The van der Waals surface area contributed by atoms with Crippen LogP contribution in [0.15, 0.2) is 30.5 Å². The van der Waals surface area contributed by atoms with Crippen LogP contribution in [0.25, 0.3) is 10.9 Å². The van der Waals surface area contributed by atoms with E-state index in [4.69, 9.17) is 9.52 Å². The van der Waals surface area contributed by atoms with Crippen LogP contribution in [0.5, 0.6) is 5.75 Å². The van der Waals surface area contributed by atoms with Gasteiger partial charge in [-0.3, -0.25) is 9.76 Å². The minimum atomic E-state index is -2.30. The van der Waals surface area contributed by atoms with Crippen LogP contribution in [-0.2, 0) is 16.3 Å². The van der Waals surface area contributed by atoms with Crippen LogP contribution in [0.3, 0.4) is 0 Å². The van der Waals surface area contributed by atoms with Gasteiger partial charge in [-0.1, -0.05) is 0 Å². The van der Waals surface area contributed by atoms with E-state index in [-0.39, 0.29) is 0 Å². The number of methoxy groups -OCH3 is 1. The van der Waals surface area contributed by atoms with E-state index < -0.39 is 9.73 Å². The maximum absolute atomic E-state index is 11.7. The Bertz CT molecular complexity index is 760. The van der Waals surface area contributed by atoms with Gasteiger partial charge in [0.05, 0.1) is 12.6 Å². The number of aromatic nitrogens is 1. The summed E-state index contributed by atoms with van der Waals surface area (Å²) in [5.74, 6) is 1.83. The van der Waals surface area contributed by atoms with Crippen molar-refractivity contribution in [3.05, 3.63) is 36.0 Å². The Morgan fingerprint density at radius 3 is 2.86 bits per heavy atom. The first-order valence-electron chi connectivity index (χ1n) is 7.46. The van der Waals surface area contributed by atoms with E-state index in [1.807, 2.05) is 30.5 Å². The highest BCUT2D eigenvalue weighted by Crippen LogP contribution is 2.22. The quantitative estimate of drug-likeness (QED) is 0.908. The van der Waals surface area contributed by atoms with Gasteiger partial charge in [-0.15, -0.1) is 0 Å². The predicted molar refractivity (Wildman–Crippen MR) is 88.8 cm³/mol. The largest absolute Gasteiger partial charge is 0.497 e. The first-order valence-corrected chi connectivity index (χ1v) is 9.36. The molecule has 5 nitrogen and oxygen atoms in total. The molecule has 118 valence electrons. The molecule has 0 aliphatic carbocycles. The highest BCUT2D eigenvalue weighted by molar-refractivity contribution is 7.92. The van der Waals surface area contributed by atoms with E-state index in [1.54, 1.807) is 7.11 Å². The molecule has 1 aromatic heterocycles. The molecular formula is C16H21N3O2S. The van der Waals surface area contributed by atoms with Crippen LogP contribution in [0.2, 0.25) is 0 Å². The van der Waals surface area contributed by atoms with Crippen molar-refractivity contribution in [2.45, 2.75) is 25.4 Å². The van der Waals surface area contributed by atoms with Crippen LogP contribution in [-0.4, -0.2) is 33.9 Å². The lowest BCUT2D eigenvalue weighted by Gasteiger charge is -2.24. The second-order valence-electron chi connectivity index (χ2n) is 5.73. The number of fused-ring (bicyclic) bond motifs is 1. The monoisotopic (exact) mass is 319 g/mol. The summed E-state index contributed by atoms with van der Waals surface area (Å²) in [4.78, 5) is 4.39. The summed E-state index contributed by atoms with van der Waals surface area (Å²) in [6.45, 7) is 0.759. The molecule has 0 radical (unpaired) electrons. The molecule has 1 fully saturated rings. The van der Waals surface area contributed by atoms with Crippen molar-refractivity contribution in [3.63, 3.8) is 0 Å². The number of pyridine rings is 1. The molecule has 2 aromatic rings. The molecule has 0 saturated carbocycles. The second-order valence-corrected chi connectivity index (χ2v) is 8.17. The number of rotatable bonds is 4. The standard InChI is InChI=1S/C16H21N3O2S/c1-21-14-2-3-15-12(4-7-18-16(15)10-14)11-19-13-5-8-22(17,20)9-6-13/h2-4,7,10,13,17,19H,5-6,8-9,11H2,1H3. The topological polar surface area (TPSA) is 75.1 Å². The first-order chi connectivity index (χ1) is 10.6. The summed E-state index contributed by atoms with van der Waals surface area (Å²) in [7, 11) is -0.652. The van der Waals surface area contributed by atoms with Crippen molar-refractivity contribution < 1.29 is 8.95 Å². The average Bonchev–Trinajstić information content (AvgIpc) is 2.53. The normalized spacial score (nSPS) is 25.2. The van der Waals surface area contributed by atoms with Crippen molar-refractivity contribution in [2.24, 2.45) is 0 Å². The lowest BCUT2D eigenvalue weighted by Crippen LogP contribution is -2.36. The van der Waals surface area contributed by atoms with Gasteiger partial charge in [-0.2, -0.15) is 0 Å². The number of ether oxygens (including phenoxy) is 1. The zero-order valence-corrected chi connectivity index (χ0v) is 13.5. The molecule has 6 heteroatoms. The van der Waals surface area contributed by atoms with Gasteiger partial charge in [0.25, 0.3) is 0 Å². The SMILES string of the molecule is COc1ccc2c(CNC3CCS(=N)(=O)CC3)ccnc2c1. The predicted octanol–water partition coefficient (Wildman–Crippen LogP) is 2.54. The fourth-order valence-corrected chi connectivity index (χ4v) is 4.37. The molecule has 1 saturated heterocycles. The van der Waals surface area contributed by atoms with Gasteiger partial charge >= 0.3 is 0 Å². The van der Waals surface area contributed by atoms with Crippen LogP contribution < -0.4 is 10.1 Å². The lowest BCUT2D eigenvalue weighted by atomic mass is 10.1. The van der Waals surface area contributed by atoms with E-state index in [0.717, 1.165) is 36.0 Å². The molecule has 1 aliphatic heterocycles. The Labute approximate surface area is 131 Å². The van der Waals surface area contributed by atoms with Crippen molar-refractivity contribution in [2.75, 3.05) is 18.6 Å². The van der Waals surface area contributed by atoms with Crippen molar-refractivity contribution in [1.82, 2.24) is 10.3 Å². The second kappa shape index (κ2) is 6.22. The number of nitrogens with one attached hydrogen (secondary N) is 2. The third kappa shape index (κ3) is 3.39. The fourth-order valence-electron chi connectivity index (χ4n) is 2.84. The molecule has 2 N–H and O–H groups in total. The molecule has 1 aromatic carbocycles. The molecule has 0 unspecified atom stereocenters. The van der Waals surface area contributed by atoms with E-state index in [0.29, 0.717) is 17.5 Å². The molecule has 0 bridgehead atoms. The Kier molecular flexibility index (Phi) is 4.31. The molecule has 1 aliphatic rings. The number of benzene rings is 1. The Balaban J connectivity index is 1.72. The zero-order chi connectivity index (χ0) is 15.6. The van der Waals surface area contributed by atoms with Crippen LogP contribution in [0.4, 0.5) is 0 Å². The number of nitrogens with zero attached hydrogens (tertiary/aromatic N) is 1. The van der Waals surface area contributed by atoms with E-state index in [1.165, 1.54) is 5.56 Å². The fraction of sp³-hybridized carbons (Fsp3) is 0.438. The maximum atomic E-state index is 11.7. The average molecular weight is 319 g/mol. The van der Waals surface area contributed by atoms with Gasteiger partial charge in [0.2, 0.25) is 0 Å². The highest BCUT2D eigenvalue weighted by Gasteiger charge is 2.20. The van der Waals surface area contributed by atoms with Gasteiger partial charge < -0.3 is 10.1 Å². The third-order valence-corrected chi connectivity index (χ3v) is 6.00. The molecule has 0 atom stereocenters. The van der Waals surface area contributed by atoms with Crippen molar-refractivity contribution in [3.8, 4) is 5.75 Å². The molecular weight excluding hydrogens is 298 g/mol. The molecule has 2 heterocycles. The van der Waals surface area contributed by atoms with Crippen molar-refractivity contribution in [1.29, 1.82) is 4.78 Å². The summed E-state index contributed by atoms with van der Waals surface area (Å²) in [6.07, 6.45) is 3.45. The summed E-state index contributed by atoms with van der Waals surface area (Å²) in [5, 5.41) is 4.65. The molecule has 0 amide bonds. The Morgan fingerprint density at radius 1 is 1.36 bits per heavy atom. The Hall–Kier alpha value is -1.66. The number of hydrogen-bond acceptors (Lipinski definition) is 5. The highest BCUT2D eigenvalue weighted by atomic mass is 32.2. The van der Waals surface area contributed by atoms with Gasteiger partial charge in [-0.25, -0.2) is 4.21 Å². The third-order valence-electron chi connectivity index (χ3n) is 4.21. The van der Waals surface area contributed by atoms with E-state index in [9.17, 15) is 4.21 Å². The molecule has 0 spiro atoms. The smallest absolute Gasteiger partial charge is 0.121 e. The van der Waals surface area contributed by atoms with E-state index in [2.05, 4.69) is 10.3 Å². The van der Waals surface area contributed by atoms with Crippen LogP contribution in [0, 0.1) is 4.78 Å². The molecule has 3 rings (SSSR count). The van der Waals surface area contributed by atoms with E-state index >= 15 is 0 Å². The minimum Gasteiger partial charge on any atom is -0.497 e. The maximum Gasteiger partial charge on any atom is 0.121 e. The lowest BCUT2D eigenvalue weighted by molar-refractivity contribution is 0.415. The first kappa shape index (κ1) is 15.2. The molecule has 22 heavy (non-hydrogen) atoms.